The molecule has 1 rings (SSSR count). The molecule has 0 spiro atoms. The minimum atomic E-state index is -0.237. The fourth-order valence-electron chi connectivity index (χ4n) is 1.19. The van der Waals surface area contributed by atoms with E-state index in [4.69, 9.17) is 10.5 Å². The van der Waals surface area contributed by atoms with Crippen LogP contribution in [0, 0.1) is 0 Å². The van der Waals surface area contributed by atoms with E-state index in [1.165, 1.54) is 4.88 Å². The van der Waals surface area contributed by atoms with Crippen LogP contribution in [-0.2, 0) is 11.2 Å². The van der Waals surface area contributed by atoms with Gasteiger partial charge in [-0.1, -0.05) is 6.07 Å². The lowest BCUT2D eigenvalue weighted by molar-refractivity contribution is 0.141. The van der Waals surface area contributed by atoms with Crippen LogP contribution in [0.2, 0.25) is 0 Å². The number of hydrogen-bond donors (Lipinski definition) is 1. The van der Waals surface area contributed by atoms with Gasteiger partial charge in [0, 0.05) is 23.9 Å². The molecule has 0 amide bonds. The second kappa shape index (κ2) is 4.03. The highest BCUT2D eigenvalue weighted by Crippen LogP contribution is 2.15. The Balaban J connectivity index is 2.50. The molecule has 0 aliphatic heterocycles. The van der Waals surface area contributed by atoms with E-state index in [0.29, 0.717) is 6.61 Å². The molecule has 1 aromatic heterocycles. The van der Waals surface area contributed by atoms with E-state index in [0.717, 1.165) is 6.42 Å². The third-order valence-electron chi connectivity index (χ3n) is 1.63. The normalized spacial score (nSPS) is 15.9. The van der Waals surface area contributed by atoms with Crippen molar-refractivity contribution in [3.05, 3.63) is 22.4 Å². The molecule has 2 N–H and O–H groups in total. The lowest BCUT2D eigenvalue weighted by Crippen LogP contribution is -2.42. The standard InChI is InChI=1S/C9H15NOS/c1-9(10,7-11-2)6-8-4-3-5-12-8/h3-5H,6-7,10H2,1-2H3. The van der Waals surface area contributed by atoms with Gasteiger partial charge in [0.25, 0.3) is 0 Å². The van der Waals surface area contributed by atoms with Gasteiger partial charge in [-0.3, -0.25) is 0 Å². The summed E-state index contributed by atoms with van der Waals surface area (Å²) in [4.78, 5) is 1.32. The maximum atomic E-state index is 6.00. The monoisotopic (exact) mass is 185 g/mol. The average Bonchev–Trinajstić information content (AvgIpc) is 2.38. The van der Waals surface area contributed by atoms with Crippen molar-refractivity contribution >= 4 is 11.3 Å². The molecule has 0 aromatic carbocycles. The molecule has 1 unspecified atom stereocenters. The predicted molar refractivity (Wildman–Crippen MR) is 52.5 cm³/mol. The van der Waals surface area contributed by atoms with Gasteiger partial charge in [-0.25, -0.2) is 0 Å². The van der Waals surface area contributed by atoms with E-state index in [-0.39, 0.29) is 5.54 Å². The van der Waals surface area contributed by atoms with Crippen molar-refractivity contribution in [1.82, 2.24) is 0 Å². The van der Waals surface area contributed by atoms with Crippen molar-refractivity contribution in [3.8, 4) is 0 Å². The van der Waals surface area contributed by atoms with Crippen LogP contribution in [0.5, 0.6) is 0 Å². The fraction of sp³-hybridized carbons (Fsp3) is 0.556. The Morgan fingerprint density at radius 1 is 1.67 bits per heavy atom. The molecule has 1 heterocycles. The van der Waals surface area contributed by atoms with Gasteiger partial charge in [0.15, 0.2) is 0 Å². The first-order valence-electron chi connectivity index (χ1n) is 3.94. The molecule has 0 radical (unpaired) electrons. The summed E-state index contributed by atoms with van der Waals surface area (Å²) in [5, 5.41) is 2.07. The molecule has 2 nitrogen and oxygen atoms in total. The van der Waals surface area contributed by atoms with E-state index < -0.39 is 0 Å². The Morgan fingerprint density at radius 3 is 2.92 bits per heavy atom. The Morgan fingerprint density at radius 2 is 2.42 bits per heavy atom. The molecule has 3 heteroatoms. The highest BCUT2D eigenvalue weighted by molar-refractivity contribution is 7.09. The van der Waals surface area contributed by atoms with Gasteiger partial charge >= 0.3 is 0 Å². The topological polar surface area (TPSA) is 35.2 Å². The van der Waals surface area contributed by atoms with E-state index in [2.05, 4.69) is 11.4 Å². The minimum Gasteiger partial charge on any atom is -0.383 e. The van der Waals surface area contributed by atoms with Crippen molar-refractivity contribution in [3.63, 3.8) is 0 Å². The van der Waals surface area contributed by atoms with E-state index in [9.17, 15) is 0 Å². The number of nitrogens with two attached hydrogens (primary N) is 1. The number of ether oxygens (including phenoxy) is 1. The van der Waals surface area contributed by atoms with Crippen molar-refractivity contribution in [2.24, 2.45) is 5.73 Å². The molecule has 0 fully saturated rings. The number of rotatable bonds is 4. The van der Waals surface area contributed by atoms with Crippen molar-refractivity contribution < 1.29 is 4.74 Å². The zero-order valence-electron chi connectivity index (χ0n) is 7.54. The summed E-state index contributed by atoms with van der Waals surface area (Å²) >= 11 is 1.74. The minimum absolute atomic E-state index is 0.237. The molecule has 0 saturated carbocycles. The maximum absolute atomic E-state index is 6.00. The van der Waals surface area contributed by atoms with E-state index in [1.54, 1.807) is 18.4 Å². The third-order valence-corrected chi connectivity index (χ3v) is 2.51. The van der Waals surface area contributed by atoms with Gasteiger partial charge in [-0.2, -0.15) is 0 Å². The second-order valence-corrected chi connectivity index (χ2v) is 4.38. The van der Waals surface area contributed by atoms with Gasteiger partial charge in [0.2, 0.25) is 0 Å². The largest absolute Gasteiger partial charge is 0.383 e. The fourth-order valence-corrected chi connectivity index (χ4v) is 2.09. The summed E-state index contributed by atoms with van der Waals surface area (Å²) in [5.41, 5.74) is 5.76. The maximum Gasteiger partial charge on any atom is 0.0643 e. The molecular formula is C9H15NOS. The summed E-state index contributed by atoms with van der Waals surface area (Å²) in [5.74, 6) is 0. The zero-order valence-corrected chi connectivity index (χ0v) is 8.36. The molecular weight excluding hydrogens is 170 g/mol. The molecule has 68 valence electrons. The van der Waals surface area contributed by atoms with Gasteiger partial charge in [0.05, 0.1) is 6.61 Å². The van der Waals surface area contributed by atoms with Crippen LogP contribution in [0.4, 0.5) is 0 Å². The first kappa shape index (κ1) is 9.71. The highest BCUT2D eigenvalue weighted by Gasteiger charge is 2.18. The van der Waals surface area contributed by atoms with Crippen LogP contribution in [0.1, 0.15) is 11.8 Å². The van der Waals surface area contributed by atoms with Crippen molar-refractivity contribution in [2.75, 3.05) is 13.7 Å². The van der Waals surface area contributed by atoms with Gasteiger partial charge < -0.3 is 10.5 Å². The number of methoxy groups -OCH3 is 1. The smallest absolute Gasteiger partial charge is 0.0643 e. The second-order valence-electron chi connectivity index (χ2n) is 3.34. The highest BCUT2D eigenvalue weighted by atomic mass is 32.1. The summed E-state index contributed by atoms with van der Waals surface area (Å²) in [7, 11) is 1.68. The number of hydrogen-bond acceptors (Lipinski definition) is 3. The average molecular weight is 185 g/mol. The zero-order chi connectivity index (χ0) is 9.03. The summed E-state index contributed by atoms with van der Waals surface area (Å²) in [6, 6.07) is 4.15. The van der Waals surface area contributed by atoms with Crippen molar-refractivity contribution in [2.45, 2.75) is 18.9 Å². The van der Waals surface area contributed by atoms with E-state index in [1.807, 2.05) is 13.0 Å². The first-order chi connectivity index (χ1) is 5.64. The quantitative estimate of drug-likeness (QED) is 0.774. The van der Waals surface area contributed by atoms with Crippen LogP contribution in [0.3, 0.4) is 0 Å². The molecule has 12 heavy (non-hydrogen) atoms. The SMILES string of the molecule is COCC(C)(N)Cc1cccs1. The molecule has 1 aromatic rings. The lowest BCUT2D eigenvalue weighted by Gasteiger charge is -2.22. The number of thiophene rings is 1. The van der Waals surface area contributed by atoms with Crippen LogP contribution >= 0.6 is 11.3 Å². The van der Waals surface area contributed by atoms with Crippen molar-refractivity contribution in [1.29, 1.82) is 0 Å². The van der Waals surface area contributed by atoms with Gasteiger partial charge in [-0.15, -0.1) is 11.3 Å². The molecule has 0 bridgehead atoms. The Labute approximate surface area is 77.3 Å². The summed E-state index contributed by atoms with van der Waals surface area (Å²) in [6.45, 7) is 2.61. The lowest BCUT2D eigenvalue weighted by atomic mass is 10.00. The molecule has 1 atom stereocenters. The summed E-state index contributed by atoms with van der Waals surface area (Å²) in [6.07, 6.45) is 0.887. The van der Waals surface area contributed by atoms with Crippen LogP contribution in [0.15, 0.2) is 17.5 Å². The third kappa shape index (κ3) is 2.93. The Hall–Kier alpha value is -0.380. The first-order valence-corrected chi connectivity index (χ1v) is 4.82. The molecule has 0 aliphatic carbocycles. The van der Waals surface area contributed by atoms with E-state index >= 15 is 0 Å². The van der Waals surface area contributed by atoms with Gasteiger partial charge in [-0.05, 0) is 18.4 Å². The Kier molecular flexibility index (Phi) is 3.26. The van der Waals surface area contributed by atoms with Crippen LogP contribution < -0.4 is 5.73 Å². The van der Waals surface area contributed by atoms with Crippen LogP contribution in [0.25, 0.3) is 0 Å². The molecule has 0 saturated heterocycles. The summed E-state index contributed by atoms with van der Waals surface area (Å²) < 4.78 is 5.04. The van der Waals surface area contributed by atoms with Crippen LogP contribution in [-0.4, -0.2) is 19.3 Å². The predicted octanol–water partition coefficient (Wildman–Crippen LogP) is 1.65. The Bertz CT molecular complexity index is 218. The van der Waals surface area contributed by atoms with Gasteiger partial charge in [0.1, 0.15) is 0 Å². The molecule has 0 aliphatic rings.